The van der Waals surface area contributed by atoms with Gasteiger partial charge in [0.05, 0.1) is 32.8 Å². The third kappa shape index (κ3) is 7.58. The van der Waals surface area contributed by atoms with Crippen molar-refractivity contribution in [2.75, 3.05) is 27.2 Å². The van der Waals surface area contributed by atoms with Crippen molar-refractivity contribution >= 4 is 34.2 Å². The maximum absolute atomic E-state index is 6.08. The van der Waals surface area contributed by atoms with Crippen LogP contribution in [0.2, 0.25) is 0 Å². The molecule has 37 heavy (non-hydrogen) atoms. The highest BCUT2D eigenvalue weighted by Crippen LogP contribution is 2.20. The molecule has 0 saturated carbocycles. The summed E-state index contributed by atoms with van der Waals surface area (Å²) in [4.78, 5) is 6.40. The van der Waals surface area contributed by atoms with Crippen molar-refractivity contribution in [3.8, 4) is 11.4 Å². The molecular formula is C29H38N6OS. The highest BCUT2D eigenvalue weighted by molar-refractivity contribution is 7.16. The Hall–Kier alpha value is -3.33. The first kappa shape index (κ1) is 28.2. The van der Waals surface area contributed by atoms with E-state index in [2.05, 4.69) is 64.9 Å². The Balaban J connectivity index is 0.00000186. The molecule has 7 nitrogen and oxygen atoms in total. The van der Waals surface area contributed by atoms with Crippen LogP contribution in [0.15, 0.2) is 59.1 Å². The number of aromatic nitrogens is 4. The highest BCUT2D eigenvalue weighted by Gasteiger charge is 2.07. The molecule has 1 unspecified atom stereocenters. The predicted octanol–water partition coefficient (Wildman–Crippen LogP) is 3.94. The van der Waals surface area contributed by atoms with E-state index in [-0.39, 0.29) is 6.04 Å². The Morgan fingerprint density at radius 3 is 2.59 bits per heavy atom. The molecule has 0 aliphatic heterocycles. The van der Waals surface area contributed by atoms with Crippen molar-refractivity contribution < 1.29 is 4.74 Å². The molecule has 8 heteroatoms. The first-order chi connectivity index (χ1) is 17.8. The molecule has 2 N–H and O–H groups in total. The van der Waals surface area contributed by atoms with Crippen LogP contribution in [0.4, 0.5) is 0 Å². The number of fused-ring (bicyclic) bond motifs is 1. The van der Waals surface area contributed by atoms with E-state index in [1.54, 1.807) is 16.0 Å². The maximum atomic E-state index is 6.08. The Morgan fingerprint density at radius 2 is 1.89 bits per heavy atom. The zero-order valence-corrected chi connectivity index (χ0v) is 23.5. The number of nitrogens with zero attached hydrogens (tertiary/aromatic N) is 5. The summed E-state index contributed by atoms with van der Waals surface area (Å²) < 4.78 is 8.72. The molecule has 0 aliphatic rings. The highest BCUT2D eigenvalue weighted by atomic mass is 32.1. The van der Waals surface area contributed by atoms with Crippen LogP contribution in [0.25, 0.3) is 28.6 Å². The number of rotatable bonds is 9. The molecule has 0 spiro atoms. The quantitative estimate of drug-likeness (QED) is 0.361. The van der Waals surface area contributed by atoms with E-state index in [0.29, 0.717) is 6.61 Å². The SMILES string of the molecule is C=c1/c(=C\C(C)=C(C)Cc2ccc(OCC(N)CN(C)C)cc2)nnn1-c1ccc2ncsc2c1.CC. The lowest BCUT2D eigenvalue weighted by Gasteiger charge is -2.17. The van der Waals surface area contributed by atoms with Crippen LogP contribution in [0.3, 0.4) is 0 Å². The van der Waals surface area contributed by atoms with Crippen molar-refractivity contribution in [3.05, 3.63) is 75.4 Å². The van der Waals surface area contributed by atoms with Crippen LogP contribution >= 0.6 is 11.3 Å². The summed E-state index contributed by atoms with van der Waals surface area (Å²) in [7, 11) is 4.01. The largest absolute Gasteiger partial charge is 0.492 e. The van der Waals surface area contributed by atoms with E-state index >= 15 is 0 Å². The lowest BCUT2D eigenvalue weighted by Crippen LogP contribution is -2.37. The van der Waals surface area contributed by atoms with E-state index in [0.717, 1.165) is 50.9 Å². The molecule has 0 saturated heterocycles. The average molecular weight is 519 g/mol. The predicted molar refractivity (Wildman–Crippen MR) is 156 cm³/mol. The van der Waals surface area contributed by atoms with Crippen molar-refractivity contribution in [2.45, 2.75) is 40.2 Å². The number of allylic oxidation sites excluding steroid dienone is 2. The van der Waals surface area contributed by atoms with Gasteiger partial charge < -0.3 is 15.4 Å². The summed E-state index contributed by atoms with van der Waals surface area (Å²) in [6, 6.07) is 14.2. The Morgan fingerprint density at radius 1 is 1.16 bits per heavy atom. The lowest BCUT2D eigenvalue weighted by molar-refractivity contribution is 0.254. The van der Waals surface area contributed by atoms with Crippen molar-refractivity contribution in [2.24, 2.45) is 5.73 Å². The van der Waals surface area contributed by atoms with E-state index in [1.807, 2.05) is 57.7 Å². The molecule has 1 atom stereocenters. The fourth-order valence-corrected chi connectivity index (χ4v) is 4.52. The van der Waals surface area contributed by atoms with Crippen LogP contribution < -0.4 is 21.2 Å². The molecule has 0 bridgehead atoms. The van der Waals surface area contributed by atoms with Gasteiger partial charge in [-0.3, -0.25) is 0 Å². The number of ether oxygens (including phenoxy) is 1. The van der Waals surface area contributed by atoms with Gasteiger partial charge in [0.1, 0.15) is 17.7 Å². The second kappa shape index (κ2) is 13.3. The van der Waals surface area contributed by atoms with Crippen LogP contribution in [0, 0.1) is 0 Å². The van der Waals surface area contributed by atoms with Crippen LogP contribution in [0.1, 0.15) is 33.3 Å². The minimum absolute atomic E-state index is 0.0143. The van der Waals surface area contributed by atoms with E-state index in [1.165, 1.54) is 11.1 Å². The summed E-state index contributed by atoms with van der Waals surface area (Å²) in [5.74, 6) is 0.836. The molecular weight excluding hydrogens is 480 g/mol. The van der Waals surface area contributed by atoms with Gasteiger partial charge in [0.15, 0.2) is 0 Å². The minimum Gasteiger partial charge on any atom is -0.492 e. The van der Waals surface area contributed by atoms with Gasteiger partial charge in [0, 0.05) is 6.54 Å². The number of benzene rings is 2. The topological polar surface area (TPSA) is 82.1 Å². The second-order valence-corrected chi connectivity index (χ2v) is 9.99. The smallest absolute Gasteiger partial charge is 0.119 e. The second-order valence-electron chi connectivity index (χ2n) is 9.10. The van der Waals surface area contributed by atoms with Crippen molar-refractivity contribution in [3.63, 3.8) is 0 Å². The Labute approximate surface area is 223 Å². The minimum atomic E-state index is -0.0143. The van der Waals surface area contributed by atoms with E-state index in [9.17, 15) is 0 Å². The molecule has 2 heterocycles. The first-order valence-corrected chi connectivity index (χ1v) is 13.4. The number of nitrogens with two attached hydrogens (primary N) is 1. The third-order valence-corrected chi connectivity index (χ3v) is 6.63. The fraction of sp³-hybridized carbons (Fsp3) is 0.345. The monoisotopic (exact) mass is 518 g/mol. The van der Waals surface area contributed by atoms with Gasteiger partial charge in [-0.25, -0.2) is 9.67 Å². The molecule has 0 aliphatic carbocycles. The normalized spacial score (nSPS) is 13.4. The zero-order chi connectivity index (χ0) is 26.9. The van der Waals surface area contributed by atoms with E-state index < -0.39 is 0 Å². The first-order valence-electron chi connectivity index (χ1n) is 12.5. The average Bonchev–Trinajstić information content (AvgIpc) is 3.50. The van der Waals surface area contributed by atoms with Gasteiger partial charge in [0.2, 0.25) is 0 Å². The molecule has 0 amide bonds. The van der Waals surface area contributed by atoms with Crippen LogP contribution in [-0.2, 0) is 6.42 Å². The molecule has 196 valence electrons. The van der Waals surface area contributed by atoms with Crippen molar-refractivity contribution in [1.29, 1.82) is 0 Å². The maximum Gasteiger partial charge on any atom is 0.119 e. The molecule has 4 aromatic rings. The van der Waals surface area contributed by atoms with E-state index in [4.69, 9.17) is 10.5 Å². The molecule has 2 aromatic heterocycles. The molecule has 2 aromatic carbocycles. The fourth-order valence-electron chi connectivity index (χ4n) is 3.81. The molecule has 4 rings (SSSR count). The summed E-state index contributed by atoms with van der Waals surface area (Å²) in [5.41, 5.74) is 13.5. The van der Waals surface area contributed by atoms with Crippen molar-refractivity contribution in [1.82, 2.24) is 24.9 Å². The standard InChI is InChI=1S/C27H32N6OS.C2H6/c1-18(12-21-6-9-24(10-7-21)34-16-22(28)15-32(4)5)19(2)13-26-20(3)33(31-30-26)23-8-11-25-27(14-23)35-17-29-25;1-2/h6-11,13-14,17,22H,3,12,15-16,28H2,1-2,4-5H3;1-2H3/b19-18?,26-13+;. The number of likely N-dealkylation sites (N-methyl/N-ethyl adjacent to an activating group) is 1. The molecule has 0 radical (unpaired) electrons. The number of hydrogen-bond acceptors (Lipinski definition) is 7. The van der Waals surface area contributed by atoms with Gasteiger partial charge in [-0.1, -0.05) is 43.3 Å². The third-order valence-electron chi connectivity index (χ3n) is 5.84. The zero-order valence-electron chi connectivity index (χ0n) is 22.7. The van der Waals surface area contributed by atoms with Crippen LogP contribution in [-0.4, -0.2) is 58.2 Å². The summed E-state index contributed by atoms with van der Waals surface area (Å²) in [5, 5.41) is 10.2. The number of thiazole rings is 1. The lowest BCUT2D eigenvalue weighted by atomic mass is 10.0. The summed E-state index contributed by atoms with van der Waals surface area (Å²) in [6.07, 6.45) is 2.89. The summed E-state index contributed by atoms with van der Waals surface area (Å²) >= 11 is 1.61. The van der Waals surface area contributed by atoms with Gasteiger partial charge in [-0.05, 0) is 81.9 Å². The molecule has 0 fully saturated rings. The van der Waals surface area contributed by atoms with Gasteiger partial charge in [-0.15, -0.1) is 16.4 Å². The number of hydrogen-bond donors (Lipinski definition) is 1. The van der Waals surface area contributed by atoms with Crippen LogP contribution in [0.5, 0.6) is 5.75 Å². The van der Waals surface area contributed by atoms with Gasteiger partial charge >= 0.3 is 0 Å². The summed E-state index contributed by atoms with van der Waals surface area (Å²) in [6.45, 7) is 13.8. The van der Waals surface area contributed by atoms with Gasteiger partial charge in [-0.2, -0.15) is 0 Å². The Bertz CT molecular complexity index is 1440. The Kier molecular flexibility index (Phi) is 10.1. The van der Waals surface area contributed by atoms with Gasteiger partial charge in [0.25, 0.3) is 0 Å².